The summed E-state index contributed by atoms with van der Waals surface area (Å²) in [5, 5.41) is 21.4. The van der Waals surface area contributed by atoms with Gasteiger partial charge in [-0.25, -0.2) is 4.39 Å². The van der Waals surface area contributed by atoms with Gasteiger partial charge in [0.25, 0.3) is 11.8 Å². The monoisotopic (exact) mass is 731 g/mol. The first-order valence-electron chi connectivity index (χ1n) is 16.8. The lowest BCUT2D eigenvalue weighted by Crippen LogP contribution is -2.53. The highest BCUT2D eigenvalue weighted by Crippen LogP contribution is 2.64. The van der Waals surface area contributed by atoms with Gasteiger partial charge < -0.3 is 19.7 Å². The van der Waals surface area contributed by atoms with E-state index in [1.54, 1.807) is 36.4 Å². The Kier molecular flexibility index (Phi) is 8.94. The molecule has 4 amide bonds. The average Bonchev–Trinajstić information content (AvgIpc) is 3.50. The van der Waals surface area contributed by atoms with Crippen molar-refractivity contribution in [1.29, 1.82) is 0 Å². The van der Waals surface area contributed by atoms with E-state index in [4.69, 9.17) is 21.1 Å². The highest BCUT2D eigenvalue weighted by Gasteiger charge is 2.70. The normalized spacial score (nSPS) is 26.5. The molecule has 0 aromatic heterocycles. The Labute approximate surface area is 302 Å². The number of hydrogen-bond donors (Lipinski definition) is 3. The minimum Gasteiger partial charge on any atom is -0.502 e. The maximum atomic E-state index is 15.3. The molecule has 3 N–H and O–H groups in total. The van der Waals surface area contributed by atoms with Crippen molar-refractivity contribution in [2.24, 2.45) is 23.7 Å². The number of allylic oxidation sites excluding steroid dienone is 2. The summed E-state index contributed by atoms with van der Waals surface area (Å²) in [7, 11) is 2.73. The van der Waals surface area contributed by atoms with Crippen LogP contribution < -0.4 is 14.9 Å². The predicted octanol–water partition coefficient (Wildman–Crippen LogP) is 5.05. The molecule has 12 nitrogen and oxygen atoms in total. The number of methoxy groups -OCH3 is 2. The van der Waals surface area contributed by atoms with Crippen LogP contribution in [-0.4, -0.2) is 70.5 Å². The van der Waals surface area contributed by atoms with Crippen LogP contribution in [0.1, 0.15) is 42.7 Å². The SMILES string of the molecule is COc1cc(C2C3=CCC4C(=O)N(CCCC(=O)O)C(=O)C4C3CC3C(=O)N(Nc4ccc(F)cc4)C(=O)C32c2ccc(Cl)cc2)cc(OC)c1O. The second kappa shape index (κ2) is 13.3. The number of aliphatic carboxylic acids is 1. The van der Waals surface area contributed by atoms with Crippen molar-refractivity contribution in [3.05, 3.63) is 94.3 Å². The molecule has 2 aliphatic heterocycles. The number of nitrogens with zero attached hydrogens (tertiary/aromatic N) is 2. The molecule has 4 aliphatic rings. The van der Waals surface area contributed by atoms with Crippen molar-refractivity contribution in [3.63, 3.8) is 0 Å². The van der Waals surface area contributed by atoms with Crippen LogP contribution in [0.3, 0.4) is 0 Å². The van der Waals surface area contributed by atoms with E-state index in [1.807, 2.05) is 6.08 Å². The van der Waals surface area contributed by atoms with Crippen molar-refractivity contribution in [2.75, 3.05) is 26.2 Å². The van der Waals surface area contributed by atoms with Crippen LogP contribution in [0.25, 0.3) is 0 Å². The van der Waals surface area contributed by atoms with Gasteiger partial charge in [0.15, 0.2) is 11.5 Å². The molecular formula is C38H35ClFN3O9. The van der Waals surface area contributed by atoms with Crippen LogP contribution in [0.15, 0.2) is 72.3 Å². The number of halogens is 2. The standard InChI is InChI=1S/C38H35ClFN3O9/c1-51-28-16-19(17-29(52-2)33(28)46)32-24-13-14-25-31(36(49)42(34(25)47)15-3-4-30(44)45)26(24)18-27-35(48)43(41-23-11-9-22(40)10-12-23)37(50)38(27,32)20-5-7-21(39)8-6-20/h5-13,16-17,25-27,31-32,41,46H,3-4,14-15,18H2,1-2H3,(H,44,45). The zero-order valence-electron chi connectivity index (χ0n) is 28.2. The Balaban J connectivity index is 1.44. The molecule has 3 aromatic rings. The molecule has 6 unspecified atom stereocenters. The third-order valence-electron chi connectivity index (χ3n) is 11.0. The van der Waals surface area contributed by atoms with E-state index in [1.165, 1.54) is 38.5 Å². The number of fused-ring (bicyclic) bond motifs is 4. The number of carbonyl (C=O) groups excluding carboxylic acids is 4. The molecule has 0 bridgehead atoms. The molecule has 52 heavy (non-hydrogen) atoms. The molecule has 1 saturated carbocycles. The molecule has 6 atom stereocenters. The number of ether oxygens (including phenoxy) is 2. The van der Waals surface area contributed by atoms with Gasteiger partial charge >= 0.3 is 5.97 Å². The molecule has 0 radical (unpaired) electrons. The number of hydrogen-bond acceptors (Lipinski definition) is 9. The molecule has 2 heterocycles. The summed E-state index contributed by atoms with van der Waals surface area (Å²) in [4.78, 5) is 70.2. The molecular weight excluding hydrogens is 697 g/mol. The quantitative estimate of drug-likeness (QED) is 0.190. The van der Waals surface area contributed by atoms with Crippen molar-refractivity contribution < 1.29 is 48.0 Å². The average molecular weight is 732 g/mol. The van der Waals surface area contributed by atoms with E-state index in [-0.39, 0.29) is 55.2 Å². The number of imide groups is 2. The van der Waals surface area contributed by atoms with Gasteiger partial charge in [-0.2, -0.15) is 5.01 Å². The second-order valence-corrected chi connectivity index (χ2v) is 13.9. The third kappa shape index (κ3) is 5.37. The number of likely N-dealkylation sites (tertiary alicyclic amines) is 1. The van der Waals surface area contributed by atoms with Gasteiger partial charge in [-0.15, -0.1) is 0 Å². The number of aromatic hydroxyl groups is 1. The lowest BCUT2D eigenvalue weighted by Gasteiger charge is -2.50. The summed E-state index contributed by atoms with van der Waals surface area (Å²) in [5.41, 5.74) is 3.09. The zero-order chi connectivity index (χ0) is 37.1. The van der Waals surface area contributed by atoms with E-state index in [0.29, 0.717) is 21.7 Å². The first-order valence-corrected chi connectivity index (χ1v) is 17.2. The maximum Gasteiger partial charge on any atom is 0.303 e. The zero-order valence-corrected chi connectivity index (χ0v) is 28.9. The van der Waals surface area contributed by atoms with Gasteiger partial charge in [-0.3, -0.25) is 34.3 Å². The van der Waals surface area contributed by atoms with Crippen LogP contribution in [-0.2, 0) is 29.4 Å². The molecule has 0 spiro atoms. The summed E-state index contributed by atoms with van der Waals surface area (Å²) in [6.07, 6.45) is 1.93. The van der Waals surface area contributed by atoms with Crippen molar-refractivity contribution in [3.8, 4) is 17.2 Å². The molecule has 2 saturated heterocycles. The second-order valence-electron chi connectivity index (χ2n) is 13.5. The summed E-state index contributed by atoms with van der Waals surface area (Å²) in [6.45, 7) is -0.0558. The number of rotatable bonds is 10. The fourth-order valence-corrected chi connectivity index (χ4v) is 8.91. The van der Waals surface area contributed by atoms with Crippen LogP contribution in [0.4, 0.5) is 10.1 Å². The Bertz CT molecular complexity index is 2000. The number of phenols is 1. The van der Waals surface area contributed by atoms with E-state index in [0.717, 1.165) is 9.91 Å². The Hall–Kier alpha value is -5.43. The maximum absolute atomic E-state index is 15.3. The Morgan fingerprint density at radius 1 is 0.962 bits per heavy atom. The summed E-state index contributed by atoms with van der Waals surface area (Å²) >= 11 is 6.34. The van der Waals surface area contributed by atoms with Gasteiger partial charge in [0.1, 0.15) is 5.82 Å². The number of amides is 4. The molecule has 14 heteroatoms. The number of carboxylic acids is 1. The fourth-order valence-electron chi connectivity index (χ4n) is 8.78. The fraction of sp³-hybridized carbons (Fsp3) is 0.342. The Morgan fingerprint density at radius 3 is 2.23 bits per heavy atom. The van der Waals surface area contributed by atoms with Gasteiger partial charge in [0.2, 0.25) is 17.6 Å². The first kappa shape index (κ1) is 35.0. The van der Waals surface area contributed by atoms with Crippen LogP contribution in [0, 0.1) is 29.5 Å². The number of nitrogens with one attached hydrogen (secondary N) is 1. The van der Waals surface area contributed by atoms with Gasteiger partial charge in [-0.1, -0.05) is 35.4 Å². The number of carboxylic acid groups (broad SMARTS) is 1. The topological polar surface area (TPSA) is 163 Å². The van der Waals surface area contributed by atoms with Crippen LogP contribution >= 0.6 is 11.6 Å². The Morgan fingerprint density at radius 2 is 1.62 bits per heavy atom. The number of phenolic OH excluding ortho intramolecular Hbond substituents is 1. The van der Waals surface area contributed by atoms with E-state index in [2.05, 4.69) is 5.43 Å². The summed E-state index contributed by atoms with van der Waals surface area (Å²) in [5.74, 6) is -8.13. The minimum absolute atomic E-state index is 0.0205. The van der Waals surface area contributed by atoms with Gasteiger partial charge in [-0.05, 0) is 84.8 Å². The number of hydrazine groups is 1. The highest BCUT2D eigenvalue weighted by atomic mass is 35.5. The molecule has 2 aliphatic carbocycles. The smallest absolute Gasteiger partial charge is 0.303 e. The van der Waals surface area contributed by atoms with Gasteiger partial charge in [0, 0.05) is 23.9 Å². The number of benzene rings is 3. The lowest BCUT2D eigenvalue weighted by atomic mass is 9.49. The lowest BCUT2D eigenvalue weighted by molar-refractivity contribution is -0.142. The molecule has 3 fully saturated rings. The largest absolute Gasteiger partial charge is 0.502 e. The van der Waals surface area contributed by atoms with Crippen LogP contribution in [0.2, 0.25) is 5.02 Å². The minimum atomic E-state index is -1.65. The first-order chi connectivity index (χ1) is 24.9. The van der Waals surface area contributed by atoms with Gasteiger partial charge in [0.05, 0.1) is 43.1 Å². The highest BCUT2D eigenvalue weighted by molar-refractivity contribution is 6.30. The number of carbonyl (C=O) groups is 5. The summed E-state index contributed by atoms with van der Waals surface area (Å²) < 4.78 is 24.9. The summed E-state index contributed by atoms with van der Waals surface area (Å²) in [6, 6.07) is 14.9. The van der Waals surface area contributed by atoms with E-state index < -0.39 is 70.4 Å². The third-order valence-corrected chi connectivity index (χ3v) is 11.2. The van der Waals surface area contributed by atoms with Crippen LogP contribution in [0.5, 0.6) is 17.2 Å². The predicted molar refractivity (Wildman–Crippen MR) is 184 cm³/mol. The molecule has 3 aromatic carbocycles. The molecule has 270 valence electrons. The van der Waals surface area contributed by atoms with E-state index in [9.17, 15) is 33.8 Å². The molecule has 7 rings (SSSR count). The van der Waals surface area contributed by atoms with Crippen molar-refractivity contribution >= 4 is 46.9 Å². The van der Waals surface area contributed by atoms with E-state index >= 15 is 4.79 Å². The van der Waals surface area contributed by atoms with Crippen molar-refractivity contribution in [1.82, 2.24) is 9.91 Å². The van der Waals surface area contributed by atoms with Crippen molar-refractivity contribution in [2.45, 2.75) is 37.0 Å². The number of anilines is 1.